The molecule has 1 aromatic heterocycles. The summed E-state index contributed by atoms with van der Waals surface area (Å²) in [4.78, 5) is 11.9. The second-order valence-corrected chi connectivity index (χ2v) is 4.43. The first-order valence-corrected chi connectivity index (χ1v) is 5.51. The van der Waals surface area contributed by atoms with Gasteiger partial charge in [-0.1, -0.05) is 0 Å². The number of thiophene rings is 1. The minimum Gasteiger partial charge on any atom is -0.465 e. The van der Waals surface area contributed by atoms with Crippen LogP contribution in [0.25, 0.3) is 10.1 Å². The van der Waals surface area contributed by atoms with E-state index in [1.54, 1.807) is 6.07 Å². The Balaban J connectivity index is 2.15. The molecule has 0 saturated carbocycles. The summed E-state index contributed by atoms with van der Waals surface area (Å²) >= 11 is 1.39. The van der Waals surface area contributed by atoms with Crippen molar-refractivity contribution in [3.8, 4) is 11.5 Å². The summed E-state index contributed by atoms with van der Waals surface area (Å²) in [7, 11) is 1.37. The number of rotatable bonds is 1. The predicted octanol–water partition coefficient (Wildman–Crippen LogP) is 2.42. The zero-order valence-corrected chi connectivity index (χ0v) is 9.30. The van der Waals surface area contributed by atoms with Crippen molar-refractivity contribution in [1.29, 1.82) is 0 Å². The highest BCUT2D eigenvalue weighted by Gasteiger charge is 2.17. The molecule has 2 aromatic rings. The maximum Gasteiger partial charge on any atom is 0.348 e. The minimum absolute atomic E-state index is 0.260. The van der Waals surface area contributed by atoms with Crippen LogP contribution in [0.1, 0.15) is 9.67 Å². The first-order chi connectivity index (χ1) is 7.78. The minimum atomic E-state index is -0.316. The van der Waals surface area contributed by atoms with Crippen molar-refractivity contribution in [3.63, 3.8) is 0 Å². The molecule has 3 rings (SSSR count). The van der Waals surface area contributed by atoms with E-state index < -0.39 is 0 Å². The molecule has 0 bridgehead atoms. The van der Waals surface area contributed by atoms with E-state index in [9.17, 15) is 4.79 Å². The fourth-order valence-corrected chi connectivity index (χ4v) is 2.62. The van der Waals surface area contributed by atoms with E-state index in [2.05, 4.69) is 4.74 Å². The summed E-state index contributed by atoms with van der Waals surface area (Å²) in [6, 6.07) is 5.56. The number of benzene rings is 1. The molecule has 1 aliphatic rings. The van der Waals surface area contributed by atoms with E-state index in [0.717, 1.165) is 21.6 Å². The molecule has 16 heavy (non-hydrogen) atoms. The summed E-state index contributed by atoms with van der Waals surface area (Å²) in [6.07, 6.45) is 0. The van der Waals surface area contributed by atoms with Crippen LogP contribution in [0.3, 0.4) is 0 Å². The maximum atomic E-state index is 11.4. The van der Waals surface area contributed by atoms with Gasteiger partial charge in [0, 0.05) is 10.8 Å². The van der Waals surface area contributed by atoms with Gasteiger partial charge in [0.25, 0.3) is 0 Å². The number of hydrogen-bond donors (Lipinski definition) is 0. The Bertz CT molecular complexity index is 532. The van der Waals surface area contributed by atoms with Crippen LogP contribution in [-0.4, -0.2) is 19.9 Å². The molecular weight excluding hydrogens is 228 g/mol. The first kappa shape index (κ1) is 9.47. The fraction of sp³-hybridized carbons (Fsp3) is 0.182. The average molecular weight is 236 g/mol. The Hall–Kier alpha value is -1.75. The van der Waals surface area contributed by atoms with Gasteiger partial charge in [-0.3, -0.25) is 0 Å². The fourth-order valence-electron chi connectivity index (χ4n) is 1.63. The van der Waals surface area contributed by atoms with Crippen LogP contribution in [0.15, 0.2) is 18.2 Å². The van der Waals surface area contributed by atoms with Crippen molar-refractivity contribution in [2.24, 2.45) is 0 Å². The van der Waals surface area contributed by atoms with Gasteiger partial charge >= 0.3 is 5.97 Å². The van der Waals surface area contributed by atoms with Crippen LogP contribution >= 0.6 is 11.3 Å². The van der Waals surface area contributed by atoms with Crippen LogP contribution in [0, 0.1) is 0 Å². The number of carbonyl (C=O) groups excluding carboxylic acids is 1. The number of hydrogen-bond acceptors (Lipinski definition) is 5. The molecule has 0 fully saturated rings. The normalized spacial score (nSPS) is 13.1. The number of ether oxygens (including phenoxy) is 3. The Labute approximate surface area is 95.3 Å². The monoisotopic (exact) mass is 236 g/mol. The van der Waals surface area contributed by atoms with Crippen molar-refractivity contribution >= 4 is 27.4 Å². The lowest BCUT2D eigenvalue weighted by Gasteiger charge is -1.94. The van der Waals surface area contributed by atoms with E-state index in [1.165, 1.54) is 18.4 Å². The molecule has 0 atom stereocenters. The second-order valence-electron chi connectivity index (χ2n) is 3.35. The summed E-state index contributed by atoms with van der Waals surface area (Å²) < 4.78 is 16.2. The number of carbonyl (C=O) groups is 1. The number of methoxy groups -OCH3 is 1. The van der Waals surface area contributed by atoms with Gasteiger partial charge in [-0.25, -0.2) is 4.79 Å². The van der Waals surface area contributed by atoms with Crippen molar-refractivity contribution in [2.45, 2.75) is 0 Å². The largest absolute Gasteiger partial charge is 0.465 e. The van der Waals surface area contributed by atoms with Gasteiger partial charge in [0.1, 0.15) is 4.88 Å². The molecule has 0 saturated heterocycles. The second kappa shape index (κ2) is 3.38. The predicted molar refractivity (Wildman–Crippen MR) is 59.3 cm³/mol. The number of esters is 1. The van der Waals surface area contributed by atoms with Crippen LogP contribution in [0.2, 0.25) is 0 Å². The molecule has 0 radical (unpaired) electrons. The third kappa shape index (κ3) is 1.32. The lowest BCUT2D eigenvalue weighted by atomic mass is 10.2. The third-order valence-corrected chi connectivity index (χ3v) is 3.48. The molecule has 0 N–H and O–H groups in total. The molecule has 2 heterocycles. The van der Waals surface area contributed by atoms with Gasteiger partial charge < -0.3 is 14.2 Å². The number of fused-ring (bicyclic) bond motifs is 2. The first-order valence-electron chi connectivity index (χ1n) is 4.69. The summed E-state index contributed by atoms with van der Waals surface area (Å²) in [6.45, 7) is 0.260. The molecule has 0 unspecified atom stereocenters. The van der Waals surface area contributed by atoms with Crippen molar-refractivity contribution in [3.05, 3.63) is 23.1 Å². The van der Waals surface area contributed by atoms with Crippen molar-refractivity contribution in [2.75, 3.05) is 13.9 Å². The van der Waals surface area contributed by atoms with Gasteiger partial charge in [0.05, 0.1) is 7.11 Å². The maximum absolute atomic E-state index is 11.4. The Morgan fingerprint density at radius 2 is 2.06 bits per heavy atom. The highest BCUT2D eigenvalue weighted by molar-refractivity contribution is 7.20. The third-order valence-electron chi connectivity index (χ3n) is 2.40. The van der Waals surface area contributed by atoms with Crippen molar-refractivity contribution in [1.82, 2.24) is 0 Å². The van der Waals surface area contributed by atoms with Gasteiger partial charge in [-0.2, -0.15) is 0 Å². The van der Waals surface area contributed by atoms with E-state index in [-0.39, 0.29) is 12.8 Å². The summed E-state index contributed by atoms with van der Waals surface area (Å²) in [5.74, 6) is 1.13. The Morgan fingerprint density at radius 1 is 1.31 bits per heavy atom. The van der Waals surface area contributed by atoms with Crippen LogP contribution < -0.4 is 9.47 Å². The van der Waals surface area contributed by atoms with Crippen LogP contribution in [-0.2, 0) is 4.74 Å². The Kier molecular flexibility index (Phi) is 2.00. The Morgan fingerprint density at radius 3 is 2.81 bits per heavy atom. The molecular formula is C11H8O4S. The molecule has 82 valence electrons. The molecule has 4 nitrogen and oxygen atoms in total. The summed E-state index contributed by atoms with van der Waals surface area (Å²) in [5, 5.41) is 0.967. The van der Waals surface area contributed by atoms with Crippen molar-refractivity contribution < 1.29 is 19.0 Å². The highest BCUT2D eigenvalue weighted by Crippen LogP contribution is 2.39. The zero-order valence-electron chi connectivity index (χ0n) is 8.48. The van der Waals surface area contributed by atoms with Gasteiger partial charge in [-0.15, -0.1) is 11.3 Å². The molecule has 0 spiro atoms. The zero-order chi connectivity index (χ0) is 11.1. The SMILES string of the molecule is COC(=O)c1cc2cc3c(cc2s1)OCO3. The molecule has 1 aliphatic heterocycles. The van der Waals surface area contributed by atoms with E-state index in [1.807, 2.05) is 12.1 Å². The lowest BCUT2D eigenvalue weighted by Crippen LogP contribution is -1.96. The van der Waals surface area contributed by atoms with Gasteiger partial charge in [0.2, 0.25) is 6.79 Å². The smallest absolute Gasteiger partial charge is 0.348 e. The standard InChI is InChI=1S/C11H8O4S/c1-13-11(12)10-3-6-2-7-8(15-5-14-7)4-9(6)16-10/h2-4H,5H2,1H3. The van der Waals surface area contributed by atoms with Crippen LogP contribution in [0.4, 0.5) is 0 Å². The molecule has 5 heteroatoms. The van der Waals surface area contributed by atoms with E-state index >= 15 is 0 Å². The van der Waals surface area contributed by atoms with Gasteiger partial charge in [0.15, 0.2) is 11.5 Å². The quantitative estimate of drug-likeness (QED) is 0.713. The molecule has 0 amide bonds. The topological polar surface area (TPSA) is 44.8 Å². The summed E-state index contributed by atoms with van der Waals surface area (Å²) in [5.41, 5.74) is 0. The molecule has 1 aromatic carbocycles. The van der Waals surface area contributed by atoms with E-state index in [4.69, 9.17) is 9.47 Å². The average Bonchev–Trinajstić information content (AvgIpc) is 2.89. The lowest BCUT2D eigenvalue weighted by molar-refractivity contribution is 0.0606. The molecule has 0 aliphatic carbocycles. The van der Waals surface area contributed by atoms with Gasteiger partial charge in [-0.05, 0) is 17.5 Å². The van der Waals surface area contributed by atoms with Crippen LogP contribution in [0.5, 0.6) is 11.5 Å². The van der Waals surface area contributed by atoms with E-state index in [0.29, 0.717) is 4.88 Å². The highest BCUT2D eigenvalue weighted by atomic mass is 32.1.